The molecule has 0 saturated heterocycles. The molecule has 0 spiro atoms. The Morgan fingerprint density at radius 2 is 0.580 bits per heavy atom. The molecule has 2 amide bonds. The topological polar surface area (TPSA) is 525 Å². The fourth-order valence-electron chi connectivity index (χ4n) is 12.7. The molecule has 0 fully saturated rings. The van der Waals surface area contributed by atoms with E-state index in [0.717, 1.165) is 79.6 Å². The van der Waals surface area contributed by atoms with Crippen LogP contribution in [0.5, 0.6) is 0 Å². The molecule has 0 radical (unpaired) electrons. The lowest BCUT2D eigenvalue weighted by Crippen LogP contribution is -2.31. The van der Waals surface area contributed by atoms with Crippen LogP contribution >= 0.6 is 11.6 Å². The third kappa shape index (κ3) is 34.1. The predicted molar refractivity (Wildman–Crippen MR) is 521 cm³/mol. The van der Waals surface area contributed by atoms with Crippen LogP contribution < -0.4 is 90.2 Å². The van der Waals surface area contributed by atoms with Gasteiger partial charge in [0.2, 0.25) is 24.9 Å². The van der Waals surface area contributed by atoms with E-state index in [9.17, 15) is 81.5 Å². The molecule has 0 aliphatic rings. The number of nitrogens with two attached hydrogens (primary N) is 2. The van der Waals surface area contributed by atoms with Crippen LogP contribution in [0.1, 0.15) is 107 Å². The minimum atomic E-state index is -0.825. The van der Waals surface area contributed by atoms with Crippen molar-refractivity contribution < 1.29 is 19.5 Å². The molecule has 7 aromatic heterocycles. The van der Waals surface area contributed by atoms with Gasteiger partial charge in [-0.05, 0) is 132 Å². The summed E-state index contributed by atoms with van der Waals surface area (Å²) < 4.78 is 9.85. The number of primary amides is 2. The number of halogens is 1. The first-order valence-electron chi connectivity index (χ1n) is 42.1. The first kappa shape index (κ1) is 105. The molecule has 706 valence electrons. The Labute approximate surface area is 789 Å². The van der Waals surface area contributed by atoms with E-state index in [-0.39, 0.29) is 58.0 Å². The maximum Gasteiger partial charge on any atom is 0.328 e. The number of nitrogens with zero attached hydrogens (tertiary/aromatic N) is 11. The summed E-state index contributed by atoms with van der Waals surface area (Å²) in [6, 6.07) is 54.3. The van der Waals surface area contributed by atoms with Gasteiger partial charge in [-0.3, -0.25) is 106 Å². The highest BCUT2D eigenvalue weighted by atomic mass is 35.5. The number of hydrogen-bond donors (Lipinski definition) is 10. The summed E-state index contributed by atoms with van der Waals surface area (Å²) >= 11 is 5.84. The molecule has 0 bridgehead atoms. The average molecular weight is 1890 g/mol. The molecular formula is C99H95ClN20O18. The second-order valence-corrected chi connectivity index (χ2v) is 31.4. The number of aromatic nitrogens is 14. The van der Waals surface area contributed by atoms with Crippen molar-refractivity contribution in [2.75, 3.05) is 13.1 Å². The molecule has 38 nitrogen and oxygen atoms in total. The second-order valence-electron chi connectivity index (χ2n) is 31.0. The van der Waals surface area contributed by atoms with Crippen molar-refractivity contribution >= 4 is 46.8 Å². The van der Waals surface area contributed by atoms with Gasteiger partial charge in [-0.15, -0.1) is 0 Å². The molecule has 0 saturated carbocycles. The predicted octanol–water partition coefficient (Wildman–Crippen LogP) is 7.25. The summed E-state index contributed by atoms with van der Waals surface area (Å²) in [4.78, 5) is 221. The number of aryl methyl sites for hydroxylation is 7. The van der Waals surface area contributed by atoms with Crippen LogP contribution in [0.4, 0.5) is 11.4 Å². The van der Waals surface area contributed by atoms with Crippen molar-refractivity contribution in [2.24, 2.45) is 11.5 Å². The Morgan fingerprint density at radius 3 is 0.855 bits per heavy atom. The Kier molecular flexibility index (Phi) is 39.6. The lowest BCUT2D eigenvalue weighted by atomic mass is 10.1. The third-order valence-corrected chi connectivity index (χ3v) is 20.4. The molecule has 14 rings (SSSR count). The van der Waals surface area contributed by atoms with E-state index >= 15 is 0 Å². The molecule has 0 aliphatic carbocycles. The molecule has 138 heavy (non-hydrogen) atoms. The second kappa shape index (κ2) is 52.1. The minimum Gasteiger partial charge on any atom is -0.481 e. The fraction of sp³-hybridized carbons (Fsp3) is 0.202. The van der Waals surface area contributed by atoms with Gasteiger partial charge in [0.05, 0.1) is 59.0 Å². The van der Waals surface area contributed by atoms with Crippen LogP contribution in [0.25, 0.3) is 25.5 Å². The highest BCUT2D eigenvalue weighted by Crippen LogP contribution is 2.16. The van der Waals surface area contributed by atoms with Crippen molar-refractivity contribution in [3.05, 3.63) is 517 Å². The van der Waals surface area contributed by atoms with Crippen LogP contribution in [0, 0.1) is 60.9 Å². The van der Waals surface area contributed by atoms with E-state index < -0.39 is 62.8 Å². The van der Waals surface area contributed by atoms with E-state index in [1.54, 1.807) is 83.6 Å². The largest absolute Gasteiger partial charge is 0.481 e. The number of rotatable bonds is 26. The molecule has 12 N–H and O–H groups in total. The fourth-order valence-corrected chi connectivity index (χ4v) is 12.9. The van der Waals surface area contributed by atoms with Crippen molar-refractivity contribution in [1.82, 2.24) is 66.9 Å². The summed E-state index contributed by atoms with van der Waals surface area (Å²) in [5, 5.41) is 9.20. The normalized spacial score (nSPS) is 10.3. The number of aliphatic carboxylic acids is 1. The maximum absolute atomic E-state index is 11.7. The van der Waals surface area contributed by atoms with Gasteiger partial charge in [-0.1, -0.05) is 175 Å². The van der Waals surface area contributed by atoms with Gasteiger partial charge in [-0.25, -0.2) is 56.4 Å². The van der Waals surface area contributed by atoms with Gasteiger partial charge in [0.1, 0.15) is 0 Å². The summed E-state index contributed by atoms with van der Waals surface area (Å²) in [6.45, 7) is 38.9. The monoisotopic (exact) mass is 1890 g/mol. The number of benzene rings is 7. The molecule has 7 aromatic carbocycles. The third-order valence-electron chi connectivity index (χ3n) is 20.2. The number of H-pyrrole nitrogens is 7. The molecule has 14 aromatic rings. The van der Waals surface area contributed by atoms with E-state index in [1.165, 1.54) is 62.8 Å². The quantitative estimate of drug-likeness (QED) is 0.0188. The van der Waals surface area contributed by atoms with E-state index in [4.69, 9.17) is 54.5 Å². The lowest BCUT2D eigenvalue weighted by Gasteiger charge is -2.07. The number of carbonyl (C=O) groups is 3. The number of aromatic amines is 7. The minimum absolute atomic E-state index is 0.0828. The number of nitrogens with one attached hydrogen (secondary N) is 7. The molecule has 39 heteroatoms. The van der Waals surface area contributed by atoms with Gasteiger partial charge in [0.25, 0.3) is 50.3 Å². The van der Waals surface area contributed by atoms with Gasteiger partial charge >= 0.3 is 45.8 Å². The van der Waals surface area contributed by atoms with E-state index in [0.29, 0.717) is 104 Å². The summed E-state index contributed by atoms with van der Waals surface area (Å²) in [7, 11) is 0. The molecular weight excluding hydrogens is 1790 g/mol. The number of carboxylic acid groups (broad SMARTS) is 1. The van der Waals surface area contributed by atoms with Crippen molar-refractivity contribution in [1.29, 1.82) is 0 Å². The lowest BCUT2D eigenvalue weighted by molar-refractivity contribution is -0.137. The van der Waals surface area contributed by atoms with Crippen molar-refractivity contribution in [3.8, 4) is 0 Å². The van der Waals surface area contributed by atoms with Gasteiger partial charge in [0, 0.05) is 108 Å². The zero-order chi connectivity index (χ0) is 101. The van der Waals surface area contributed by atoms with Crippen LogP contribution in [0.3, 0.4) is 0 Å². The van der Waals surface area contributed by atoms with Crippen LogP contribution in [-0.4, -0.2) is 103 Å². The zero-order valence-corrected chi connectivity index (χ0v) is 76.1. The van der Waals surface area contributed by atoms with Crippen molar-refractivity contribution in [2.45, 2.75) is 119 Å². The number of amides is 2. The first-order chi connectivity index (χ1) is 65.8. The molecule has 7 heterocycles. The van der Waals surface area contributed by atoms with Crippen molar-refractivity contribution in [3.63, 3.8) is 0 Å². The van der Waals surface area contributed by atoms with Gasteiger partial charge in [0.15, 0.2) is 0 Å². The Hall–Kier alpha value is -18.3. The highest BCUT2D eigenvalue weighted by Gasteiger charge is 2.13. The molecule has 0 aliphatic heterocycles. The zero-order valence-electron chi connectivity index (χ0n) is 75.4. The van der Waals surface area contributed by atoms with Crippen LogP contribution in [0.15, 0.2) is 293 Å². The summed E-state index contributed by atoms with van der Waals surface area (Å²) in [5.41, 5.74) is 17.6. The Morgan fingerprint density at radius 1 is 0.326 bits per heavy atom. The van der Waals surface area contributed by atoms with E-state index in [1.807, 2.05) is 152 Å². The smallest absolute Gasteiger partial charge is 0.328 e. The van der Waals surface area contributed by atoms with E-state index in [2.05, 4.69) is 54.3 Å². The SMILES string of the molecule is Cc1cn(Cc2ccc(/C=C/C(N)=O)cc2)c(=O)[nH]c1=O.Cc1cn(Cc2ccc(CCC(=O)O)cc2)c(=O)[nH]c1=O.Cc1cn(Cc2ccc(CCC(N)=O)cc2)c(=O)[nH]c1=O.[C-]#[N+]CCc1ccc(Cn2cc(C)c(=O)[nH]c2=O)cc1.[C-]#[N+]CCc1ccc(Cn2cc(C)c(=O)[nH]c2=O)cc1.[C-]#[N+]c1cn(Cc2cccc(Cl)c2)c(=O)[nH]c1=O.[C-]#[N+]c1cn(Cc2ccccc2)c(=O)[nH]c1=O. The Balaban J connectivity index is 0.000000198. The maximum atomic E-state index is 11.7. The Bertz CT molecular complexity index is 7550. The average Bonchev–Trinajstić information content (AvgIpc) is 0.880. The highest BCUT2D eigenvalue weighted by molar-refractivity contribution is 6.30. The number of hydrogen-bond acceptors (Lipinski definition) is 17. The van der Waals surface area contributed by atoms with Crippen LogP contribution in [-0.2, 0) is 85.9 Å². The first-order valence-corrected chi connectivity index (χ1v) is 42.5. The molecule has 0 unspecified atom stereocenters. The summed E-state index contributed by atoms with van der Waals surface area (Å²) in [6.07, 6.45) is 16.1. The van der Waals surface area contributed by atoms with Crippen LogP contribution in [0.2, 0.25) is 5.02 Å². The van der Waals surface area contributed by atoms with Gasteiger partial charge < -0.3 is 35.4 Å². The standard InChI is InChI=1S/C15H17N3O3.C15H15N3O3.2C15H15N3O2.C15H16N2O4.C12H8ClN3O2.C12H9N3O2/c2*1-10-8-18(15(21)17-14(10)20)9-12-4-2-11(3-5-12)6-7-13(16)19;2*1-11-9-18(15(20)17-14(11)19)10-13-5-3-12(4-6-13)7-8-16-2;1-10-8-17(15(21)16-14(10)20)9-12-4-2-11(3-5-12)6-7-13(18)19;1-14-10-7-16(12(18)15-11(10)17)6-8-3-2-4-9(13)5-8;1-13-10-8-15(12(17)14-11(10)16)7-9-5-3-2-4-6-9/h2-5,8H,6-7,9H2,1H3,(H2,16,19)(H,17,20,21);2-8H,9H2,1H3,(H2,16,19)(H,17,20,21);2*3-6,9H,7-8,10H2,1H3,(H,17,19,20);2-5,8H,6-7,9H2,1H3,(H,18,19)(H,16,20,21);2-5,7H,6H2,(H,15,17,18);2-6,8H,7H2,(H,14,16,17)/b;7-6+;;;;;. The van der Waals surface area contributed by atoms with Gasteiger partial charge in [-0.2, -0.15) is 0 Å². The summed E-state index contributed by atoms with van der Waals surface area (Å²) in [5.74, 6) is -1.65. The number of carboxylic acids is 1. The molecule has 0 atom stereocenters. The number of carbonyl (C=O) groups excluding carboxylic acids is 2.